The minimum absolute atomic E-state index is 0.225. The second-order valence-electron chi connectivity index (χ2n) is 2.78. The first-order valence-electron chi connectivity index (χ1n) is 3.04. The minimum atomic E-state index is -0.328. The number of carbonyl (C=O) groups excluding carboxylic acids is 2. The van der Waals surface area contributed by atoms with Crippen LogP contribution in [-0.4, -0.2) is 16.8 Å². The van der Waals surface area contributed by atoms with Gasteiger partial charge in [0.05, 0.1) is 0 Å². The van der Waals surface area contributed by atoms with Crippen LogP contribution in [0.2, 0.25) is 0 Å². The molecule has 0 heterocycles. The molecule has 0 aromatic rings. The van der Waals surface area contributed by atoms with Crippen LogP contribution in [0.3, 0.4) is 0 Å². The van der Waals surface area contributed by atoms with Gasteiger partial charge in [0.25, 0.3) is 0 Å². The van der Waals surface area contributed by atoms with E-state index in [1.165, 1.54) is 6.92 Å². The molecule has 68 valence electrons. The van der Waals surface area contributed by atoms with E-state index < -0.39 is 0 Å². The van der Waals surface area contributed by atoms with E-state index in [-0.39, 0.29) is 11.6 Å². The molecule has 0 aliphatic rings. The number of esters is 1. The summed E-state index contributed by atoms with van der Waals surface area (Å²) in [6.07, 6.45) is 0. The van der Waals surface area contributed by atoms with Crippen molar-refractivity contribution in [3.8, 4) is 0 Å². The third kappa shape index (κ3) is 26.1. The Hall–Kier alpha value is -0.354. The Labute approximate surface area is 75.1 Å². The zero-order valence-electron chi connectivity index (χ0n) is 7.14. The van der Waals surface area contributed by atoms with Gasteiger partial charge in [-0.2, -0.15) is 0 Å². The molecule has 0 aromatic heterocycles. The summed E-state index contributed by atoms with van der Waals surface area (Å²) in [6.45, 7) is 6.93. The monoisotopic (exact) mass is 204 g/mol. The van der Waals surface area contributed by atoms with Crippen LogP contribution >= 0.6 is 0 Å². The van der Waals surface area contributed by atoms with Crippen molar-refractivity contribution >= 4 is 11.2 Å². The Bertz CT molecular complexity index is 126. The van der Waals surface area contributed by atoms with Crippen molar-refractivity contribution in [3.05, 3.63) is 0 Å². The summed E-state index contributed by atoms with van der Waals surface area (Å²) in [4.78, 5) is 18.9. The van der Waals surface area contributed by atoms with Crippen LogP contribution in [-0.2, 0) is 30.1 Å². The Morgan fingerprint density at radius 3 is 1.73 bits per heavy atom. The van der Waals surface area contributed by atoms with Crippen LogP contribution < -0.4 is 0 Å². The fourth-order valence-electron chi connectivity index (χ4n) is 0.431. The summed E-state index contributed by atoms with van der Waals surface area (Å²) in [7, 11) is 0. The van der Waals surface area contributed by atoms with E-state index in [0.717, 1.165) is 0 Å². The summed E-state index contributed by atoms with van der Waals surface area (Å²) >= 11 is 3.15. The molecule has 0 atom stereocenters. The summed E-state index contributed by atoms with van der Waals surface area (Å²) in [6, 6.07) is 0. The number of ether oxygens (including phenoxy) is 1. The zero-order valence-corrected chi connectivity index (χ0v) is 8.18. The van der Waals surface area contributed by atoms with E-state index >= 15 is 0 Å². The quantitative estimate of drug-likeness (QED) is 0.438. The van der Waals surface area contributed by atoms with Gasteiger partial charge in [0.15, 0.2) is 0 Å². The van der Waals surface area contributed by atoms with Gasteiger partial charge in [0, 0.05) is 6.92 Å². The van der Waals surface area contributed by atoms with Crippen LogP contribution in [0, 0.1) is 0 Å². The first kappa shape index (κ1) is 13.3. The van der Waals surface area contributed by atoms with Gasteiger partial charge in [0.1, 0.15) is 5.60 Å². The molecule has 0 spiro atoms. The molecule has 0 aromatic carbocycles. The molecule has 0 bridgehead atoms. The summed E-state index contributed by atoms with van der Waals surface area (Å²) in [5.74, 6) is -0.225. The average molecular weight is 204 g/mol. The second kappa shape index (κ2) is 6.36. The Balaban J connectivity index is 0. The second-order valence-corrected chi connectivity index (χ2v) is 3.03. The topological polar surface area (TPSA) is 43.4 Å². The van der Waals surface area contributed by atoms with Crippen LogP contribution in [0.15, 0.2) is 0 Å². The van der Waals surface area contributed by atoms with Crippen molar-refractivity contribution in [1.82, 2.24) is 0 Å². The van der Waals surface area contributed by atoms with E-state index in [4.69, 9.17) is 9.53 Å². The van der Waals surface area contributed by atoms with Gasteiger partial charge in [-0.1, -0.05) is 0 Å². The van der Waals surface area contributed by atoms with E-state index in [2.05, 4.69) is 15.7 Å². The maximum atomic E-state index is 10.2. The molecule has 11 heavy (non-hydrogen) atoms. The molecule has 0 radical (unpaired) electrons. The van der Waals surface area contributed by atoms with Gasteiger partial charge in [-0.3, -0.25) is 4.79 Å². The van der Waals surface area contributed by atoms with Crippen molar-refractivity contribution in [2.45, 2.75) is 33.3 Å². The van der Waals surface area contributed by atoms with Crippen LogP contribution in [0.4, 0.5) is 0 Å². The Kier molecular flexibility index (Phi) is 7.66. The molecule has 0 fully saturated rings. The predicted octanol–water partition coefficient (Wildman–Crippen LogP) is 1.07. The summed E-state index contributed by atoms with van der Waals surface area (Å²) < 4.78 is 4.80. The molecular formula is C7H13CoO3. The van der Waals surface area contributed by atoms with Gasteiger partial charge >= 0.3 is 31.7 Å². The van der Waals surface area contributed by atoms with Gasteiger partial charge in [-0.15, -0.1) is 0 Å². The number of hydrogen-bond acceptors (Lipinski definition) is 3. The molecule has 0 unspecified atom stereocenters. The van der Waals surface area contributed by atoms with Crippen molar-refractivity contribution in [3.63, 3.8) is 0 Å². The van der Waals surface area contributed by atoms with E-state index in [1.54, 1.807) is 0 Å². The SMILES string of the molecule is CC(=O)OC(C)(C)C.O=[CH][Co]. The van der Waals surface area contributed by atoms with Crippen molar-refractivity contribution in [1.29, 1.82) is 0 Å². The molecule has 0 N–H and O–H groups in total. The summed E-state index contributed by atoms with van der Waals surface area (Å²) in [5.41, 5.74) is -0.328. The van der Waals surface area contributed by atoms with Gasteiger partial charge in [0.2, 0.25) is 0 Å². The molecule has 0 aliphatic heterocycles. The first-order valence-corrected chi connectivity index (χ1v) is 3.64. The number of hydrogen-bond donors (Lipinski definition) is 0. The molecular weight excluding hydrogens is 191 g/mol. The van der Waals surface area contributed by atoms with Crippen molar-refractivity contribution in [2.24, 2.45) is 0 Å². The van der Waals surface area contributed by atoms with Gasteiger partial charge in [-0.25, -0.2) is 0 Å². The molecule has 0 saturated carbocycles. The molecule has 4 heteroatoms. The standard InChI is InChI=1S/C6H12O2.CHO.Co/c1-5(7)8-6(2,3)4;1-2;/h1-4H3;1H;. The number of rotatable bonds is 0. The summed E-state index contributed by atoms with van der Waals surface area (Å²) in [5, 5.41) is 0.438. The Morgan fingerprint density at radius 2 is 1.73 bits per heavy atom. The van der Waals surface area contributed by atoms with Crippen molar-refractivity contribution in [2.75, 3.05) is 0 Å². The first-order chi connectivity index (χ1) is 4.83. The molecule has 3 nitrogen and oxygen atoms in total. The van der Waals surface area contributed by atoms with Crippen LogP contribution in [0.1, 0.15) is 27.7 Å². The molecule has 0 aliphatic carbocycles. The van der Waals surface area contributed by atoms with E-state index in [1.807, 2.05) is 20.8 Å². The van der Waals surface area contributed by atoms with Crippen LogP contribution in [0.25, 0.3) is 0 Å². The zero-order chi connectivity index (χ0) is 9.49. The van der Waals surface area contributed by atoms with E-state index in [9.17, 15) is 4.79 Å². The van der Waals surface area contributed by atoms with Gasteiger partial charge < -0.3 is 4.74 Å². The Morgan fingerprint density at radius 1 is 1.45 bits per heavy atom. The van der Waals surface area contributed by atoms with E-state index in [0.29, 0.717) is 5.22 Å². The predicted molar refractivity (Wildman–Crippen MR) is 38.3 cm³/mol. The number of carbonyl (C=O) groups is 2. The normalized spacial score (nSPS) is 9.27. The molecule has 0 saturated heterocycles. The molecule has 0 amide bonds. The van der Waals surface area contributed by atoms with Crippen LogP contribution in [0.5, 0.6) is 0 Å². The third-order valence-electron chi connectivity index (χ3n) is 0.450. The maximum absolute atomic E-state index is 10.2. The third-order valence-corrected chi connectivity index (χ3v) is 0.450. The molecule has 0 rings (SSSR count). The average Bonchev–Trinajstić information content (AvgIpc) is 1.57. The fourth-order valence-corrected chi connectivity index (χ4v) is 0.431. The van der Waals surface area contributed by atoms with Crippen molar-refractivity contribution < 1.29 is 30.1 Å². The fraction of sp³-hybridized carbons (Fsp3) is 0.714. The van der Waals surface area contributed by atoms with Gasteiger partial charge in [-0.05, 0) is 20.8 Å².